The van der Waals surface area contributed by atoms with Gasteiger partial charge < -0.3 is 5.73 Å². The lowest BCUT2D eigenvalue weighted by molar-refractivity contribution is 0.241. The lowest BCUT2D eigenvalue weighted by atomic mass is 10.0. The molecule has 2 nitrogen and oxygen atoms in total. The summed E-state index contributed by atoms with van der Waals surface area (Å²) in [6.45, 7) is 0.952. The van der Waals surface area contributed by atoms with E-state index in [0.717, 1.165) is 11.6 Å². The highest BCUT2D eigenvalue weighted by Crippen LogP contribution is 2.22. The van der Waals surface area contributed by atoms with Gasteiger partial charge in [0, 0.05) is 24.2 Å². The van der Waals surface area contributed by atoms with Crippen molar-refractivity contribution in [1.29, 1.82) is 0 Å². The van der Waals surface area contributed by atoms with Gasteiger partial charge in [0.25, 0.3) is 0 Å². The van der Waals surface area contributed by atoms with Crippen LogP contribution >= 0.6 is 11.6 Å². The minimum atomic E-state index is -0.856. The highest BCUT2D eigenvalue weighted by molar-refractivity contribution is 6.30. The van der Waals surface area contributed by atoms with Gasteiger partial charge in [0.2, 0.25) is 0 Å². The summed E-state index contributed by atoms with van der Waals surface area (Å²) < 4.78 is 26.4. The molecular formula is C16H17ClF2N2. The first kappa shape index (κ1) is 15.9. The first-order valence-electron chi connectivity index (χ1n) is 6.61. The van der Waals surface area contributed by atoms with Crippen LogP contribution in [0.15, 0.2) is 42.5 Å². The average molecular weight is 311 g/mol. The number of hydrogen-bond donors (Lipinski definition) is 1. The fraction of sp³-hybridized carbons (Fsp3) is 0.250. The summed E-state index contributed by atoms with van der Waals surface area (Å²) in [6, 6.07) is 11.2. The van der Waals surface area contributed by atoms with Gasteiger partial charge in [0.1, 0.15) is 0 Å². The van der Waals surface area contributed by atoms with Crippen LogP contribution in [0.4, 0.5) is 8.78 Å². The van der Waals surface area contributed by atoms with Crippen molar-refractivity contribution in [3.63, 3.8) is 0 Å². The van der Waals surface area contributed by atoms with Gasteiger partial charge in [0.05, 0.1) is 0 Å². The summed E-state index contributed by atoms with van der Waals surface area (Å²) in [7, 11) is 1.90. The molecule has 0 radical (unpaired) electrons. The maximum Gasteiger partial charge on any atom is 0.159 e. The molecule has 0 saturated heterocycles. The standard InChI is InChI=1S/C16H17ClF2N2/c1-21(10-11-2-5-13(17)6-3-11)16(9-20)12-4-7-14(18)15(19)8-12/h2-8,16H,9-10,20H2,1H3. The number of hydrogen-bond acceptors (Lipinski definition) is 2. The highest BCUT2D eigenvalue weighted by Gasteiger charge is 2.17. The van der Waals surface area contributed by atoms with E-state index in [1.807, 2.05) is 36.2 Å². The fourth-order valence-electron chi connectivity index (χ4n) is 2.28. The van der Waals surface area contributed by atoms with Crippen molar-refractivity contribution < 1.29 is 8.78 Å². The van der Waals surface area contributed by atoms with Crippen LogP contribution in [0.25, 0.3) is 0 Å². The molecule has 2 N–H and O–H groups in total. The molecule has 2 aromatic carbocycles. The van der Waals surface area contributed by atoms with E-state index in [2.05, 4.69) is 0 Å². The van der Waals surface area contributed by atoms with Crippen molar-refractivity contribution in [3.8, 4) is 0 Å². The number of rotatable bonds is 5. The maximum absolute atomic E-state index is 13.4. The van der Waals surface area contributed by atoms with Crippen molar-refractivity contribution in [2.75, 3.05) is 13.6 Å². The van der Waals surface area contributed by atoms with Crippen LogP contribution in [0.2, 0.25) is 5.02 Å². The molecule has 0 fully saturated rings. The van der Waals surface area contributed by atoms with Crippen LogP contribution in [-0.4, -0.2) is 18.5 Å². The molecule has 21 heavy (non-hydrogen) atoms. The molecule has 0 aromatic heterocycles. The quantitative estimate of drug-likeness (QED) is 0.911. The zero-order valence-electron chi connectivity index (χ0n) is 11.7. The third kappa shape index (κ3) is 4.00. The summed E-state index contributed by atoms with van der Waals surface area (Å²) in [5.41, 5.74) is 7.52. The van der Waals surface area contributed by atoms with E-state index in [-0.39, 0.29) is 6.04 Å². The Morgan fingerprint density at radius 3 is 2.33 bits per heavy atom. The molecule has 0 amide bonds. The SMILES string of the molecule is CN(Cc1ccc(Cl)cc1)C(CN)c1ccc(F)c(F)c1. The average Bonchev–Trinajstić information content (AvgIpc) is 2.46. The molecule has 112 valence electrons. The molecule has 2 aromatic rings. The van der Waals surface area contributed by atoms with Gasteiger partial charge in [0.15, 0.2) is 11.6 Å². The lowest BCUT2D eigenvalue weighted by Crippen LogP contribution is -2.30. The molecule has 5 heteroatoms. The summed E-state index contributed by atoms with van der Waals surface area (Å²) in [4.78, 5) is 2.00. The molecule has 0 aliphatic heterocycles. The smallest absolute Gasteiger partial charge is 0.159 e. The molecule has 0 spiro atoms. The fourth-order valence-corrected chi connectivity index (χ4v) is 2.40. The van der Waals surface area contributed by atoms with Gasteiger partial charge in [-0.15, -0.1) is 0 Å². The minimum Gasteiger partial charge on any atom is -0.329 e. The number of nitrogens with two attached hydrogens (primary N) is 1. The Balaban J connectivity index is 2.15. The number of likely N-dealkylation sites (N-methyl/N-ethyl adjacent to an activating group) is 1. The van der Waals surface area contributed by atoms with Crippen LogP contribution in [0.1, 0.15) is 17.2 Å². The number of halogens is 3. The molecule has 0 aliphatic carbocycles. The highest BCUT2D eigenvalue weighted by atomic mass is 35.5. The van der Waals surface area contributed by atoms with Crippen molar-refractivity contribution in [3.05, 3.63) is 70.2 Å². The molecule has 2 rings (SSSR count). The van der Waals surface area contributed by atoms with Crippen molar-refractivity contribution in [2.45, 2.75) is 12.6 Å². The minimum absolute atomic E-state index is 0.184. The van der Waals surface area contributed by atoms with Gasteiger partial charge >= 0.3 is 0 Å². The third-order valence-corrected chi connectivity index (χ3v) is 3.68. The van der Waals surface area contributed by atoms with Gasteiger partial charge in [-0.1, -0.05) is 29.8 Å². The van der Waals surface area contributed by atoms with Crippen LogP contribution in [0.5, 0.6) is 0 Å². The predicted molar refractivity (Wildman–Crippen MR) is 81.1 cm³/mol. The zero-order valence-corrected chi connectivity index (χ0v) is 12.4. The van der Waals surface area contributed by atoms with Gasteiger partial charge in [-0.2, -0.15) is 0 Å². The Labute approximate surface area is 128 Å². The van der Waals surface area contributed by atoms with E-state index in [9.17, 15) is 8.78 Å². The monoisotopic (exact) mass is 310 g/mol. The first-order valence-corrected chi connectivity index (χ1v) is 6.98. The van der Waals surface area contributed by atoms with Crippen LogP contribution < -0.4 is 5.73 Å². The van der Waals surface area contributed by atoms with Gasteiger partial charge in [-0.25, -0.2) is 8.78 Å². The molecule has 0 aliphatic rings. The van der Waals surface area contributed by atoms with Crippen LogP contribution in [0.3, 0.4) is 0 Å². The molecule has 0 bridgehead atoms. The molecule has 1 atom stereocenters. The molecule has 0 saturated carbocycles. The number of benzene rings is 2. The normalized spacial score (nSPS) is 12.7. The lowest BCUT2D eigenvalue weighted by Gasteiger charge is -2.27. The topological polar surface area (TPSA) is 29.3 Å². The Bertz CT molecular complexity index is 602. The third-order valence-electron chi connectivity index (χ3n) is 3.43. The Hall–Kier alpha value is -1.49. The van der Waals surface area contributed by atoms with Crippen LogP contribution in [-0.2, 0) is 6.54 Å². The van der Waals surface area contributed by atoms with E-state index in [1.165, 1.54) is 6.07 Å². The Morgan fingerprint density at radius 1 is 1.10 bits per heavy atom. The van der Waals surface area contributed by atoms with E-state index in [0.29, 0.717) is 23.7 Å². The Kier molecular flexibility index (Phi) is 5.28. The van der Waals surface area contributed by atoms with Crippen molar-refractivity contribution >= 4 is 11.6 Å². The van der Waals surface area contributed by atoms with E-state index in [4.69, 9.17) is 17.3 Å². The molecule has 1 unspecified atom stereocenters. The summed E-state index contributed by atoms with van der Waals surface area (Å²) in [5, 5.41) is 0.678. The first-order chi connectivity index (χ1) is 10.0. The van der Waals surface area contributed by atoms with E-state index in [1.54, 1.807) is 6.07 Å². The number of nitrogens with zero attached hydrogens (tertiary/aromatic N) is 1. The largest absolute Gasteiger partial charge is 0.329 e. The second-order valence-corrected chi connectivity index (χ2v) is 5.40. The second kappa shape index (κ2) is 6.98. The summed E-state index contributed by atoms with van der Waals surface area (Å²) >= 11 is 5.86. The molecule has 0 heterocycles. The van der Waals surface area contributed by atoms with Crippen molar-refractivity contribution in [1.82, 2.24) is 4.90 Å². The zero-order chi connectivity index (χ0) is 15.4. The van der Waals surface area contributed by atoms with Crippen molar-refractivity contribution in [2.24, 2.45) is 5.73 Å². The second-order valence-electron chi connectivity index (χ2n) is 4.97. The summed E-state index contributed by atoms with van der Waals surface area (Å²) in [5.74, 6) is -1.71. The van der Waals surface area contributed by atoms with E-state index >= 15 is 0 Å². The predicted octanol–water partition coefficient (Wildman–Crippen LogP) is 3.75. The van der Waals surface area contributed by atoms with E-state index < -0.39 is 11.6 Å². The maximum atomic E-state index is 13.4. The Morgan fingerprint density at radius 2 is 1.76 bits per heavy atom. The van der Waals surface area contributed by atoms with Crippen LogP contribution in [0, 0.1) is 11.6 Å². The summed E-state index contributed by atoms with van der Waals surface area (Å²) in [6.07, 6.45) is 0. The van der Waals surface area contributed by atoms with Gasteiger partial charge in [-0.05, 0) is 42.4 Å². The van der Waals surface area contributed by atoms with Gasteiger partial charge in [-0.3, -0.25) is 4.90 Å². The molecular weight excluding hydrogens is 294 g/mol.